The van der Waals surface area contributed by atoms with E-state index in [2.05, 4.69) is 5.32 Å². The predicted octanol–water partition coefficient (Wildman–Crippen LogP) is 2.42. The Morgan fingerprint density at radius 2 is 1.72 bits per heavy atom. The van der Waals surface area contributed by atoms with Crippen LogP contribution in [0.4, 0.5) is 11.4 Å². The predicted molar refractivity (Wildman–Crippen MR) is 95.7 cm³/mol. The van der Waals surface area contributed by atoms with Crippen molar-refractivity contribution < 1.29 is 14.6 Å². The molecular weight excluding hydrogens is 318 g/mol. The zero-order valence-electron chi connectivity index (χ0n) is 14.0. The van der Waals surface area contributed by atoms with E-state index in [-0.39, 0.29) is 11.3 Å². The van der Waals surface area contributed by atoms with Gasteiger partial charge in [-0.25, -0.2) is 0 Å². The van der Waals surface area contributed by atoms with Crippen LogP contribution in [0.2, 0.25) is 0 Å². The molecule has 6 nitrogen and oxygen atoms in total. The molecular formula is C19H22N3O3+. The van der Waals surface area contributed by atoms with Crippen LogP contribution in [0.1, 0.15) is 35.2 Å². The second-order valence-corrected chi connectivity index (χ2v) is 6.41. The van der Waals surface area contributed by atoms with Crippen LogP contribution in [0.5, 0.6) is 0 Å². The first-order chi connectivity index (χ1) is 12.1. The lowest BCUT2D eigenvalue weighted by Gasteiger charge is -2.23. The van der Waals surface area contributed by atoms with Crippen LogP contribution >= 0.6 is 0 Å². The highest BCUT2D eigenvalue weighted by Gasteiger charge is 2.19. The van der Waals surface area contributed by atoms with E-state index in [4.69, 9.17) is 0 Å². The lowest BCUT2D eigenvalue weighted by atomic mass is 10.1. The number of nitrogens with one attached hydrogen (secondary N) is 2. The Morgan fingerprint density at radius 3 is 2.40 bits per heavy atom. The van der Waals surface area contributed by atoms with Crippen molar-refractivity contribution in [1.29, 1.82) is 0 Å². The summed E-state index contributed by atoms with van der Waals surface area (Å²) in [7, 11) is 0. The number of carbonyl (C=O) groups is 1. The molecule has 0 unspecified atom stereocenters. The summed E-state index contributed by atoms with van der Waals surface area (Å²) >= 11 is 0. The molecule has 1 saturated heterocycles. The zero-order valence-corrected chi connectivity index (χ0v) is 14.0. The highest BCUT2D eigenvalue weighted by Crippen LogP contribution is 2.19. The van der Waals surface area contributed by atoms with Gasteiger partial charge in [-0.3, -0.25) is 14.9 Å². The van der Waals surface area contributed by atoms with E-state index in [1.165, 1.54) is 50.0 Å². The van der Waals surface area contributed by atoms with E-state index >= 15 is 0 Å². The van der Waals surface area contributed by atoms with Gasteiger partial charge in [0.25, 0.3) is 11.6 Å². The van der Waals surface area contributed by atoms with E-state index < -0.39 is 10.8 Å². The number of nitro groups is 1. The first kappa shape index (κ1) is 17.1. The van der Waals surface area contributed by atoms with Gasteiger partial charge in [0.05, 0.1) is 18.0 Å². The normalized spacial score (nSPS) is 14.9. The molecule has 2 N–H and O–H groups in total. The standard InChI is InChI=1S/C19H21N3O3/c23-19(17-6-2-3-7-18(17)22(24)25)20-16-10-8-15(9-11-16)14-21-12-4-1-5-13-21/h2-3,6-11H,1,4-5,12-14H2,(H,20,23)/p+1. The molecule has 1 aliphatic rings. The Labute approximate surface area is 146 Å². The number of para-hydroxylation sites is 1. The number of anilines is 1. The third-order valence-electron chi connectivity index (χ3n) is 4.57. The van der Waals surface area contributed by atoms with E-state index in [9.17, 15) is 14.9 Å². The molecule has 0 bridgehead atoms. The molecule has 6 heteroatoms. The Morgan fingerprint density at radius 1 is 1.04 bits per heavy atom. The lowest BCUT2D eigenvalue weighted by Crippen LogP contribution is -3.11. The second kappa shape index (κ2) is 7.90. The first-order valence-corrected chi connectivity index (χ1v) is 8.61. The van der Waals surface area contributed by atoms with E-state index in [1.807, 2.05) is 24.3 Å². The molecule has 0 saturated carbocycles. The van der Waals surface area contributed by atoms with Gasteiger partial charge in [-0.05, 0) is 37.5 Å². The number of carbonyl (C=O) groups excluding carboxylic acids is 1. The van der Waals surface area contributed by atoms with Gasteiger partial charge in [0.1, 0.15) is 12.1 Å². The van der Waals surface area contributed by atoms with Crippen molar-refractivity contribution in [3.05, 3.63) is 69.8 Å². The second-order valence-electron chi connectivity index (χ2n) is 6.41. The Hall–Kier alpha value is -2.73. The third-order valence-corrected chi connectivity index (χ3v) is 4.57. The molecule has 0 aliphatic carbocycles. The van der Waals surface area contributed by atoms with Gasteiger partial charge in [-0.1, -0.05) is 24.3 Å². The van der Waals surface area contributed by atoms with Crippen LogP contribution in [0.15, 0.2) is 48.5 Å². The smallest absolute Gasteiger partial charge is 0.282 e. The van der Waals surface area contributed by atoms with Crippen molar-refractivity contribution in [2.24, 2.45) is 0 Å². The molecule has 1 heterocycles. The number of nitro benzene ring substituents is 1. The molecule has 0 atom stereocenters. The minimum Gasteiger partial charge on any atom is -0.331 e. The fourth-order valence-corrected chi connectivity index (χ4v) is 3.25. The number of hydrogen-bond donors (Lipinski definition) is 2. The molecule has 130 valence electrons. The van der Waals surface area contributed by atoms with Gasteiger partial charge >= 0.3 is 0 Å². The summed E-state index contributed by atoms with van der Waals surface area (Å²) in [6.07, 6.45) is 3.92. The number of hydrogen-bond acceptors (Lipinski definition) is 3. The maximum atomic E-state index is 12.3. The number of rotatable bonds is 5. The number of piperidine rings is 1. The van der Waals surface area contributed by atoms with Crippen molar-refractivity contribution in [3.8, 4) is 0 Å². The van der Waals surface area contributed by atoms with Gasteiger partial charge in [0.15, 0.2) is 0 Å². The van der Waals surface area contributed by atoms with Crippen LogP contribution in [0.25, 0.3) is 0 Å². The Balaban J connectivity index is 1.65. The molecule has 1 aliphatic heterocycles. The summed E-state index contributed by atoms with van der Waals surface area (Å²) in [6.45, 7) is 3.44. The summed E-state index contributed by atoms with van der Waals surface area (Å²) in [5.41, 5.74) is 1.75. The molecule has 1 fully saturated rings. The summed E-state index contributed by atoms with van der Waals surface area (Å²) in [6, 6.07) is 13.7. The highest BCUT2D eigenvalue weighted by molar-refractivity contribution is 6.07. The van der Waals surface area contributed by atoms with Gasteiger partial charge < -0.3 is 10.2 Å². The van der Waals surface area contributed by atoms with Crippen LogP contribution in [-0.2, 0) is 6.54 Å². The molecule has 25 heavy (non-hydrogen) atoms. The average Bonchev–Trinajstić information content (AvgIpc) is 2.64. The monoisotopic (exact) mass is 340 g/mol. The summed E-state index contributed by atoms with van der Waals surface area (Å²) in [4.78, 5) is 24.4. The molecule has 0 radical (unpaired) electrons. The lowest BCUT2D eigenvalue weighted by molar-refractivity contribution is -0.918. The number of quaternary nitrogens is 1. The SMILES string of the molecule is O=C(Nc1ccc(C[NH+]2CCCCC2)cc1)c1ccccc1[N+](=O)[O-]. The minimum absolute atomic E-state index is 0.0642. The summed E-state index contributed by atoms with van der Waals surface area (Å²) < 4.78 is 0. The van der Waals surface area contributed by atoms with Crippen molar-refractivity contribution in [2.75, 3.05) is 18.4 Å². The van der Waals surface area contributed by atoms with Crippen molar-refractivity contribution in [3.63, 3.8) is 0 Å². The minimum atomic E-state index is -0.542. The number of amides is 1. The number of benzene rings is 2. The maximum absolute atomic E-state index is 12.3. The van der Waals surface area contributed by atoms with Crippen LogP contribution < -0.4 is 10.2 Å². The Bertz CT molecular complexity index is 753. The molecule has 1 amide bonds. The van der Waals surface area contributed by atoms with Gasteiger partial charge in [0, 0.05) is 17.3 Å². The van der Waals surface area contributed by atoms with Crippen LogP contribution in [-0.4, -0.2) is 23.9 Å². The van der Waals surface area contributed by atoms with Gasteiger partial charge in [-0.15, -0.1) is 0 Å². The van der Waals surface area contributed by atoms with E-state index in [1.54, 1.807) is 17.0 Å². The maximum Gasteiger partial charge on any atom is 0.282 e. The molecule has 2 aromatic rings. The zero-order chi connectivity index (χ0) is 17.6. The fourth-order valence-electron chi connectivity index (χ4n) is 3.25. The highest BCUT2D eigenvalue weighted by atomic mass is 16.6. The summed E-state index contributed by atoms with van der Waals surface area (Å²) in [5.74, 6) is -0.471. The fraction of sp³-hybridized carbons (Fsp3) is 0.316. The molecule has 0 spiro atoms. The summed E-state index contributed by atoms with van der Waals surface area (Å²) in [5, 5.41) is 13.8. The van der Waals surface area contributed by atoms with E-state index in [0.29, 0.717) is 5.69 Å². The van der Waals surface area contributed by atoms with Crippen LogP contribution in [0.3, 0.4) is 0 Å². The number of likely N-dealkylation sites (tertiary alicyclic amines) is 1. The van der Waals surface area contributed by atoms with E-state index in [0.717, 1.165) is 6.54 Å². The first-order valence-electron chi connectivity index (χ1n) is 8.61. The van der Waals surface area contributed by atoms with Gasteiger partial charge in [-0.2, -0.15) is 0 Å². The molecule has 0 aromatic heterocycles. The third kappa shape index (κ3) is 4.42. The quantitative estimate of drug-likeness (QED) is 0.648. The Kier molecular flexibility index (Phi) is 5.40. The largest absolute Gasteiger partial charge is 0.331 e. The number of nitrogens with zero attached hydrogens (tertiary/aromatic N) is 1. The average molecular weight is 340 g/mol. The van der Waals surface area contributed by atoms with Crippen LogP contribution in [0, 0.1) is 10.1 Å². The van der Waals surface area contributed by atoms with Crippen molar-refractivity contribution in [2.45, 2.75) is 25.8 Å². The topological polar surface area (TPSA) is 76.7 Å². The van der Waals surface area contributed by atoms with Gasteiger partial charge in [0.2, 0.25) is 0 Å². The van der Waals surface area contributed by atoms with Crippen molar-refractivity contribution in [1.82, 2.24) is 0 Å². The molecule has 3 rings (SSSR count). The molecule has 2 aromatic carbocycles. The van der Waals surface area contributed by atoms with Crippen molar-refractivity contribution >= 4 is 17.3 Å².